The van der Waals surface area contributed by atoms with E-state index in [2.05, 4.69) is 10.2 Å². The third kappa shape index (κ3) is 4.48. The Morgan fingerprint density at radius 1 is 1.40 bits per heavy atom. The van der Waals surface area contributed by atoms with Gasteiger partial charge in [-0.05, 0) is 24.1 Å². The van der Waals surface area contributed by atoms with Crippen molar-refractivity contribution in [2.75, 3.05) is 13.1 Å². The van der Waals surface area contributed by atoms with Crippen LogP contribution in [0.15, 0.2) is 24.3 Å². The summed E-state index contributed by atoms with van der Waals surface area (Å²) in [6.07, 6.45) is 0.751. The standard InChI is InChI=1S/C11H11ClN2O/c1-13-8-11(15)14-7-6-9-2-4-10(12)5-3-9/h2-5H,6-8H2,(H,14,15). The molecule has 1 amide bonds. The number of benzene rings is 1. The fourth-order valence-electron chi connectivity index (χ4n) is 1.13. The van der Waals surface area contributed by atoms with E-state index in [0.29, 0.717) is 11.6 Å². The Balaban J connectivity index is 2.29. The van der Waals surface area contributed by atoms with Gasteiger partial charge in [0.2, 0.25) is 0 Å². The van der Waals surface area contributed by atoms with Gasteiger partial charge in [-0.25, -0.2) is 6.57 Å². The zero-order valence-electron chi connectivity index (χ0n) is 8.16. The van der Waals surface area contributed by atoms with Crippen molar-refractivity contribution < 1.29 is 4.79 Å². The zero-order chi connectivity index (χ0) is 11.1. The first-order valence-electron chi connectivity index (χ1n) is 4.56. The number of carbonyl (C=O) groups excluding carboxylic acids is 1. The highest BCUT2D eigenvalue weighted by Crippen LogP contribution is 2.09. The molecule has 0 radical (unpaired) electrons. The van der Waals surface area contributed by atoms with Gasteiger partial charge in [0, 0.05) is 11.6 Å². The number of hydrogen-bond donors (Lipinski definition) is 1. The molecule has 0 bridgehead atoms. The zero-order valence-corrected chi connectivity index (χ0v) is 8.92. The highest BCUT2D eigenvalue weighted by Gasteiger charge is 2.01. The number of nitrogens with one attached hydrogen (secondary N) is 1. The summed E-state index contributed by atoms with van der Waals surface area (Å²) in [6.45, 7) is 6.96. The van der Waals surface area contributed by atoms with Gasteiger partial charge in [-0.15, -0.1) is 0 Å². The third-order valence-corrected chi connectivity index (χ3v) is 2.12. The van der Waals surface area contributed by atoms with E-state index in [4.69, 9.17) is 18.2 Å². The molecule has 0 aliphatic rings. The van der Waals surface area contributed by atoms with E-state index < -0.39 is 0 Å². The summed E-state index contributed by atoms with van der Waals surface area (Å²) in [5, 5.41) is 3.37. The van der Waals surface area contributed by atoms with Crippen molar-refractivity contribution in [1.82, 2.24) is 5.32 Å². The normalized spacial score (nSPS) is 9.33. The van der Waals surface area contributed by atoms with E-state index in [9.17, 15) is 4.79 Å². The minimum absolute atomic E-state index is 0.0966. The molecule has 78 valence electrons. The quantitative estimate of drug-likeness (QED) is 0.776. The maximum Gasteiger partial charge on any atom is 0.300 e. The molecule has 1 rings (SSSR count). The number of rotatable bonds is 4. The molecule has 15 heavy (non-hydrogen) atoms. The van der Waals surface area contributed by atoms with Crippen molar-refractivity contribution in [2.45, 2.75) is 6.42 Å². The molecule has 0 spiro atoms. The first-order chi connectivity index (χ1) is 7.22. The van der Waals surface area contributed by atoms with E-state index in [1.165, 1.54) is 0 Å². The summed E-state index contributed by atoms with van der Waals surface area (Å²) in [5.74, 6) is -0.223. The van der Waals surface area contributed by atoms with Crippen LogP contribution in [0.2, 0.25) is 5.02 Å². The second-order valence-electron chi connectivity index (χ2n) is 3.04. The molecule has 0 aromatic heterocycles. The number of amides is 1. The SMILES string of the molecule is [C-]#[N+]CC(=O)NCCc1ccc(Cl)cc1. The molecule has 4 heteroatoms. The largest absolute Gasteiger partial charge is 0.349 e. The van der Waals surface area contributed by atoms with Gasteiger partial charge in [0.25, 0.3) is 12.5 Å². The average molecular weight is 223 g/mol. The lowest BCUT2D eigenvalue weighted by atomic mass is 10.1. The molecular formula is C11H11ClN2O. The van der Waals surface area contributed by atoms with Gasteiger partial charge >= 0.3 is 0 Å². The maximum atomic E-state index is 10.9. The fourth-order valence-corrected chi connectivity index (χ4v) is 1.25. The third-order valence-electron chi connectivity index (χ3n) is 1.87. The van der Waals surface area contributed by atoms with E-state index in [-0.39, 0.29) is 12.5 Å². The van der Waals surface area contributed by atoms with Gasteiger partial charge in [0.1, 0.15) is 0 Å². The summed E-state index contributed by atoms with van der Waals surface area (Å²) in [4.78, 5) is 13.9. The molecule has 0 heterocycles. The molecule has 1 aromatic rings. The second-order valence-corrected chi connectivity index (χ2v) is 3.48. The van der Waals surface area contributed by atoms with Gasteiger partial charge in [-0.1, -0.05) is 23.7 Å². The van der Waals surface area contributed by atoms with Gasteiger partial charge < -0.3 is 10.2 Å². The van der Waals surface area contributed by atoms with Crippen molar-refractivity contribution in [3.63, 3.8) is 0 Å². The molecule has 0 fully saturated rings. The maximum absolute atomic E-state index is 10.9. The Kier molecular flexibility index (Phi) is 4.65. The van der Waals surface area contributed by atoms with Gasteiger partial charge in [0.15, 0.2) is 0 Å². The molecule has 1 aromatic carbocycles. The van der Waals surface area contributed by atoms with Crippen LogP contribution in [0.5, 0.6) is 0 Å². The molecule has 0 saturated heterocycles. The lowest BCUT2D eigenvalue weighted by molar-refractivity contribution is -0.119. The van der Waals surface area contributed by atoms with Crippen LogP contribution >= 0.6 is 11.6 Å². The summed E-state index contributed by atoms with van der Waals surface area (Å²) < 4.78 is 0. The summed E-state index contributed by atoms with van der Waals surface area (Å²) in [6, 6.07) is 7.47. The topological polar surface area (TPSA) is 33.5 Å². The minimum atomic E-state index is -0.223. The minimum Gasteiger partial charge on any atom is -0.349 e. The van der Waals surface area contributed by atoms with Gasteiger partial charge in [0.05, 0.1) is 0 Å². The van der Waals surface area contributed by atoms with Crippen LogP contribution in [-0.2, 0) is 11.2 Å². The Labute approximate surface area is 93.9 Å². The first kappa shape index (κ1) is 11.5. The van der Waals surface area contributed by atoms with Crippen LogP contribution in [0.25, 0.3) is 4.85 Å². The molecule has 0 atom stereocenters. The Morgan fingerprint density at radius 2 is 2.07 bits per heavy atom. The van der Waals surface area contributed by atoms with Crippen molar-refractivity contribution in [2.24, 2.45) is 0 Å². The van der Waals surface area contributed by atoms with Crippen LogP contribution < -0.4 is 5.32 Å². The summed E-state index contributed by atoms with van der Waals surface area (Å²) in [7, 11) is 0. The van der Waals surface area contributed by atoms with E-state index in [1.807, 2.05) is 24.3 Å². The van der Waals surface area contributed by atoms with Crippen molar-refractivity contribution in [3.8, 4) is 0 Å². The highest BCUT2D eigenvalue weighted by molar-refractivity contribution is 6.30. The number of carbonyl (C=O) groups is 1. The molecule has 0 aliphatic carbocycles. The van der Waals surface area contributed by atoms with Crippen LogP contribution in [0.4, 0.5) is 0 Å². The van der Waals surface area contributed by atoms with Crippen LogP contribution in [-0.4, -0.2) is 19.0 Å². The average Bonchev–Trinajstić information content (AvgIpc) is 2.21. The predicted molar refractivity (Wildman–Crippen MR) is 59.6 cm³/mol. The van der Waals surface area contributed by atoms with E-state index >= 15 is 0 Å². The van der Waals surface area contributed by atoms with Crippen LogP contribution in [0.3, 0.4) is 0 Å². The van der Waals surface area contributed by atoms with Gasteiger partial charge in [-0.2, -0.15) is 0 Å². The summed E-state index contributed by atoms with van der Waals surface area (Å²) >= 11 is 5.73. The van der Waals surface area contributed by atoms with Crippen LogP contribution in [0.1, 0.15) is 5.56 Å². The predicted octanol–water partition coefficient (Wildman–Crippen LogP) is 1.92. The lowest BCUT2D eigenvalue weighted by Gasteiger charge is -2.02. The molecule has 0 unspecified atom stereocenters. The first-order valence-corrected chi connectivity index (χ1v) is 4.94. The summed E-state index contributed by atoms with van der Waals surface area (Å²) in [5.41, 5.74) is 1.11. The Bertz CT molecular complexity index is 367. The number of nitrogens with zero attached hydrogens (tertiary/aromatic N) is 1. The number of halogens is 1. The monoisotopic (exact) mass is 222 g/mol. The van der Waals surface area contributed by atoms with Crippen molar-refractivity contribution >= 4 is 17.5 Å². The van der Waals surface area contributed by atoms with Gasteiger partial charge in [-0.3, -0.25) is 4.79 Å². The second kappa shape index (κ2) is 6.05. The molecule has 3 nitrogen and oxygen atoms in total. The molecule has 1 N–H and O–H groups in total. The number of hydrogen-bond acceptors (Lipinski definition) is 1. The lowest BCUT2D eigenvalue weighted by Crippen LogP contribution is -2.27. The molecule has 0 saturated carbocycles. The highest BCUT2D eigenvalue weighted by atomic mass is 35.5. The Hall–Kier alpha value is -1.53. The fraction of sp³-hybridized carbons (Fsp3) is 0.273. The van der Waals surface area contributed by atoms with E-state index in [0.717, 1.165) is 12.0 Å². The van der Waals surface area contributed by atoms with Crippen molar-refractivity contribution in [1.29, 1.82) is 0 Å². The molecular weight excluding hydrogens is 212 g/mol. The van der Waals surface area contributed by atoms with Crippen LogP contribution in [0, 0.1) is 6.57 Å². The van der Waals surface area contributed by atoms with Crippen molar-refractivity contribution in [3.05, 3.63) is 46.3 Å². The van der Waals surface area contributed by atoms with E-state index in [1.54, 1.807) is 0 Å². The molecule has 0 aliphatic heterocycles. The smallest absolute Gasteiger partial charge is 0.300 e. The Morgan fingerprint density at radius 3 is 2.67 bits per heavy atom.